The summed E-state index contributed by atoms with van der Waals surface area (Å²) in [6.07, 6.45) is 3.74. The number of H-pyrrole nitrogens is 1. The second-order valence-electron chi connectivity index (χ2n) is 10.6. The monoisotopic (exact) mass is 497 g/mol. The molecule has 192 valence electrons. The lowest BCUT2D eigenvalue weighted by molar-refractivity contribution is 0.147. The fraction of sp³-hybridized carbons (Fsp3) is 0.367. The minimum absolute atomic E-state index is 0.0346. The summed E-state index contributed by atoms with van der Waals surface area (Å²) in [6, 6.07) is 17.4. The Morgan fingerprint density at radius 3 is 2.59 bits per heavy atom. The summed E-state index contributed by atoms with van der Waals surface area (Å²) in [4.78, 5) is 20.8. The molecule has 2 aliphatic rings. The molecule has 0 radical (unpaired) electrons. The van der Waals surface area contributed by atoms with Gasteiger partial charge in [-0.2, -0.15) is 0 Å². The number of pyridine rings is 1. The number of aryl methyl sites for hydroxylation is 1. The SMILES string of the molecule is CC(C)c1ccc(Oc2cccc(N3CC(N4CCNCC4)C3)c2)c(-c2cn(C)c(=O)c3[nH]ccc23)c1. The molecule has 4 heterocycles. The molecule has 0 unspecified atom stereocenters. The molecular formula is C30H35N5O2. The van der Waals surface area contributed by atoms with Gasteiger partial charge in [0.25, 0.3) is 5.56 Å². The summed E-state index contributed by atoms with van der Waals surface area (Å²) >= 11 is 0. The van der Waals surface area contributed by atoms with Crippen molar-refractivity contribution in [2.75, 3.05) is 44.2 Å². The number of nitrogens with one attached hydrogen (secondary N) is 2. The van der Waals surface area contributed by atoms with Gasteiger partial charge in [0.2, 0.25) is 0 Å². The number of benzene rings is 2. The van der Waals surface area contributed by atoms with Crippen molar-refractivity contribution in [2.24, 2.45) is 7.05 Å². The Morgan fingerprint density at radius 2 is 1.81 bits per heavy atom. The fourth-order valence-corrected chi connectivity index (χ4v) is 5.50. The van der Waals surface area contributed by atoms with Crippen LogP contribution in [0.15, 0.2) is 65.7 Å². The lowest BCUT2D eigenvalue weighted by Crippen LogP contribution is -2.62. The van der Waals surface area contributed by atoms with Gasteiger partial charge in [0.15, 0.2) is 0 Å². The molecule has 0 bridgehead atoms. The Morgan fingerprint density at radius 1 is 1.00 bits per heavy atom. The van der Waals surface area contributed by atoms with E-state index in [2.05, 4.69) is 70.3 Å². The molecule has 0 aliphatic carbocycles. The zero-order valence-electron chi connectivity index (χ0n) is 21.8. The third-order valence-corrected chi connectivity index (χ3v) is 7.80. The highest BCUT2D eigenvalue weighted by molar-refractivity contribution is 5.96. The lowest BCUT2D eigenvalue weighted by atomic mass is 9.96. The van der Waals surface area contributed by atoms with Gasteiger partial charge in [0, 0.05) is 93.0 Å². The molecule has 0 atom stereocenters. The topological polar surface area (TPSA) is 65.5 Å². The van der Waals surface area contributed by atoms with E-state index in [0.29, 0.717) is 17.5 Å². The average Bonchev–Trinajstić information content (AvgIpc) is 3.37. The molecule has 37 heavy (non-hydrogen) atoms. The van der Waals surface area contributed by atoms with E-state index in [4.69, 9.17) is 4.74 Å². The van der Waals surface area contributed by atoms with E-state index in [1.165, 1.54) is 11.3 Å². The number of hydrogen-bond acceptors (Lipinski definition) is 5. The van der Waals surface area contributed by atoms with Crippen molar-refractivity contribution in [3.05, 3.63) is 76.8 Å². The number of anilines is 1. The highest BCUT2D eigenvalue weighted by Gasteiger charge is 2.32. The largest absolute Gasteiger partial charge is 0.457 e. The highest BCUT2D eigenvalue weighted by Crippen LogP contribution is 2.39. The summed E-state index contributed by atoms with van der Waals surface area (Å²) in [6.45, 7) is 10.9. The number of aromatic nitrogens is 2. The molecule has 0 spiro atoms. The lowest BCUT2D eigenvalue weighted by Gasteiger charge is -2.48. The van der Waals surface area contributed by atoms with Crippen molar-refractivity contribution in [3.63, 3.8) is 0 Å². The van der Waals surface area contributed by atoms with E-state index < -0.39 is 0 Å². The van der Waals surface area contributed by atoms with Crippen LogP contribution < -0.4 is 20.5 Å². The van der Waals surface area contributed by atoms with Gasteiger partial charge in [-0.25, -0.2) is 0 Å². The van der Waals surface area contributed by atoms with Crippen LogP contribution >= 0.6 is 0 Å². The maximum atomic E-state index is 12.7. The van der Waals surface area contributed by atoms with E-state index in [1.54, 1.807) is 11.6 Å². The molecule has 7 nitrogen and oxygen atoms in total. The van der Waals surface area contributed by atoms with Gasteiger partial charge < -0.3 is 24.5 Å². The van der Waals surface area contributed by atoms with Gasteiger partial charge >= 0.3 is 0 Å². The summed E-state index contributed by atoms with van der Waals surface area (Å²) < 4.78 is 8.19. The summed E-state index contributed by atoms with van der Waals surface area (Å²) in [7, 11) is 1.79. The first-order valence-electron chi connectivity index (χ1n) is 13.3. The van der Waals surface area contributed by atoms with Crippen molar-refractivity contribution in [2.45, 2.75) is 25.8 Å². The van der Waals surface area contributed by atoms with Crippen molar-refractivity contribution < 1.29 is 4.74 Å². The zero-order chi connectivity index (χ0) is 25.5. The van der Waals surface area contributed by atoms with Crippen LogP contribution in [0.2, 0.25) is 0 Å². The number of hydrogen-bond donors (Lipinski definition) is 2. The van der Waals surface area contributed by atoms with Gasteiger partial charge in [0.05, 0.1) is 0 Å². The standard InChI is InChI=1S/C30H35N5O2/c1-20(2)21-7-8-28(26(15-21)27-19-33(3)30(36)29-25(27)9-10-32-29)37-24-6-4-5-22(16-24)35-17-23(18-35)34-13-11-31-12-14-34/h4-10,15-16,19-20,23,31-32H,11-14,17-18H2,1-3H3. The Hall–Kier alpha value is -3.55. The fourth-order valence-electron chi connectivity index (χ4n) is 5.50. The molecule has 2 N–H and O–H groups in total. The molecule has 2 aromatic carbocycles. The Labute approximate surface area is 217 Å². The third-order valence-electron chi connectivity index (χ3n) is 7.80. The second-order valence-corrected chi connectivity index (χ2v) is 10.6. The summed E-state index contributed by atoms with van der Waals surface area (Å²) in [5.74, 6) is 1.97. The van der Waals surface area contributed by atoms with Crippen LogP contribution in [0.4, 0.5) is 5.69 Å². The first-order chi connectivity index (χ1) is 18.0. The third kappa shape index (κ3) is 4.54. The Kier molecular flexibility index (Phi) is 6.26. The van der Waals surface area contributed by atoms with Gasteiger partial charge in [-0.05, 0) is 41.8 Å². The van der Waals surface area contributed by atoms with Crippen molar-refractivity contribution >= 4 is 16.6 Å². The summed E-state index contributed by atoms with van der Waals surface area (Å²) in [5.41, 5.74) is 4.97. The van der Waals surface area contributed by atoms with E-state index in [1.807, 2.05) is 24.5 Å². The number of ether oxygens (including phenoxy) is 1. The van der Waals surface area contributed by atoms with Crippen LogP contribution in [0.5, 0.6) is 11.5 Å². The molecule has 2 fully saturated rings. The van der Waals surface area contributed by atoms with Crippen LogP contribution in [0.1, 0.15) is 25.3 Å². The van der Waals surface area contributed by atoms with E-state index in [-0.39, 0.29) is 5.56 Å². The van der Waals surface area contributed by atoms with Gasteiger partial charge in [-0.3, -0.25) is 9.69 Å². The number of aromatic amines is 1. The molecule has 0 amide bonds. The number of rotatable bonds is 6. The smallest absolute Gasteiger partial charge is 0.274 e. The molecule has 2 aromatic heterocycles. The predicted octanol–water partition coefficient (Wildman–Crippen LogP) is 4.54. The van der Waals surface area contributed by atoms with E-state index >= 15 is 0 Å². The quantitative estimate of drug-likeness (QED) is 0.409. The first kappa shape index (κ1) is 23.8. The zero-order valence-corrected chi connectivity index (χ0v) is 21.8. The molecular weight excluding hydrogens is 462 g/mol. The van der Waals surface area contributed by atoms with Crippen LogP contribution in [0.25, 0.3) is 22.0 Å². The van der Waals surface area contributed by atoms with E-state index in [9.17, 15) is 4.79 Å². The molecule has 7 heteroatoms. The van der Waals surface area contributed by atoms with Crippen molar-refractivity contribution in [3.8, 4) is 22.6 Å². The maximum Gasteiger partial charge on any atom is 0.274 e. The minimum Gasteiger partial charge on any atom is -0.457 e. The van der Waals surface area contributed by atoms with Gasteiger partial charge in [-0.15, -0.1) is 0 Å². The molecule has 2 saturated heterocycles. The van der Waals surface area contributed by atoms with Crippen LogP contribution in [0, 0.1) is 0 Å². The minimum atomic E-state index is -0.0346. The second kappa shape index (κ2) is 9.72. The number of piperazine rings is 1. The van der Waals surface area contributed by atoms with Crippen LogP contribution in [-0.4, -0.2) is 59.8 Å². The Balaban J connectivity index is 1.30. The molecule has 2 aliphatic heterocycles. The van der Waals surface area contributed by atoms with Crippen LogP contribution in [0.3, 0.4) is 0 Å². The van der Waals surface area contributed by atoms with Gasteiger partial charge in [-0.1, -0.05) is 26.0 Å². The first-order valence-corrected chi connectivity index (χ1v) is 13.3. The highest BCUT2D eigenvalue weighted by atomic mass is 16.5. The predicted molar refractivity (Wildman–Crippen MR) is 150 cm³/mol. The summed E-state index contributed by atoms with van der Waals surface area (Å²) in [5, 5.41) is 4.35. The maximum absolute atomic E-state index is 12.7. The number of fused-ring (bicyclic) bond motifs is 1. The molecule has 4 aromatic rings. The van der Waals surface area contributed by atoms with Crippen molar-refractivity contribution in [1.82, 2.24) is 19.8 Å². The number of nitrogens with zero attached hydrogens (tertiary/aromatic N) is 3. The van der Waals surface area contributed by atoms with Crippen molar-refractivity contribution in [1.29, 1.82) is 0 Å². The van der Waals surface area contributed by atoms with Gasteiger partial charge in [0.1, 0.15) is 17.0 Å². The Bertz CT molecular complexity index is 1480. The molecule has 0 saturated carbocycles. The van der Waals surface area contributed by atoms with E-state index in [0.717, 1.165) is 67.3 Å². The molecule has 6 rings (SSSR count). The normalized spacial score (nSPS) is 16.9. The average molecular weight is 498 g/mol. The van der Waals surface area contributed by atoms with Crippen LogP contribution in [-0.2, 0) is 7.05 Å².